The van der Waals surface area contributed by atoms with Crippen LogP contribution in [0.15, 0.2) is 72.8 Å². The van der Waals surface area contributed by atoms with Gasteiger partial charge < -0.3 is 19.1 Å². The number of aromatic nitrogens is 1. The third kappa shape index (κ3) is 7.45. The highest BCUT2D eigenvalue weighted by atomic mass is 32.1. The summed E-state index contributed by atoms with van der Waals surface area (Å²) in [5, 5.41) is 0.948. The Bertz CT molecular complexity index is 1320. The molecule has 1 heterocycles. The lowest BCUT2D eigenvalue weighted by atomic mass is 10.2. The molecule has 0 atom stereocenters. The minimum atomic E-state index is -0.625. The SMILES string of the molecule is CCOC(=O)CN(Cc1ccc(OCCN(C)c2nc3ccccc3s2)cc1)C(=O)Oc1ccc(C)cc1. The number of amides is 1. The highest BCUT2D eigenvalue weighted by Gasteiger charge is 2.21. The van der Waals surface area contributed by atoms with Crippen molar-refractivity contribution in [2.45, 2.75) is 20.4 Å². The molecule has 0 saturated carbocycles. The maximum absolute atomic E-state index is 12.9. The highest BCUT2D eigenvalue weighted by Crippen LogP contribution is 2.27. The number of hydrogen-bond acceptors (Lipinski definition) is 8. The molecule has 0 unspecified atom stereocenters. The fourth-order valence-electron chi connectivity index (χ4n) is 3.65. The lowest BCUT2D eigenvalue weighted by molar-refractivity contribution is -0.144. The van der Waals surface area contributed by atoms with Crippen molar-refractivity contribution in [2.24, 2.45) is 0 Å². The Morgan fingerprint density at radius 3 is 2.37 bits per heavy atom. The van der Waals surface area contributed by atoms with Gasteiger partial charge in [-0.2, -0.15) is 0 Å². The van der Waals surface area contributed by atoms with E-state index in [4.69, 9.17) is 14.2 Å². The topological polar surface area (TPSA) is 81.2 Å². The van der Waals surface area contributed by atoms with E-state index in [2.05, 4.69) is 16.0 Å². The molecule has 0 aliphatic carbocycles. The van der Waals surface area contributed by atoms with Crippen LogP contribution in [0.5, 0.6) is 11.5 Å². The Morgan fingerprint density at radius 1 is 0.947 bits per heavy atom. The molecular formula is C29H31N3O5S. The second kappa shape index (κ2) is 12.9. The number of esters is 1. The van der Waals surface area contributed by atoms with Crippen LogP contribution in [-0.2, 0) is 16.1 Å². The van der Waals surface area contributed by atoms with E-state index in [1.807, 2.05) is 68.6 Å². The van der Waals surface area contributed by atoms with Crippen molar-refractivity contribution < 1.29 is 23.8 Å². The molecule has 0 aliphatic rings. The molecule has 0 saturated heterocycles. The first-order valence-corrected chi connectivity index (χ1v) is 13.2. The minimum absolute atomic E-state index is 0.185. The third-order valence-corrected chi connectivity index (χ3v) is 6.86. The van der Waals surface area contributed by atoms with Gasteiger partial charge in [0.1, 0.15) is 24.7 Å². The van der Waals surface area contributed by atoms with Crippen molar-refractivity contribution in [3.63, 3.8) is 0 Å². The molecule has 198 valence electrons. The van der Waals surface area contributed by atoms with E-state index in [0.29, 0.717) is 24.7 Å². The Labute approximate surface area is 226 Å². The van der Waals surface area contributed by atoms with Crippen molar-refractivity contribution in [3.8, 4) is 11.5 Å². The zero-order chi connectivity index (χ0) is 26.9. The summed E-state index contributed by atoms with van der Waals surface area (Å²) in [5.74, 6) is 0.630. The van der Waals surface area contributed by atoms with Crippen LogP contribution in [-0.4, -0.2) is 55.3 Å². The smallest absolute Gasteiger partial charge is 0.416 e. The van der Waals surface area contributed by atoms with Gasteiger partial charge in [0.25, 0.3) is 0 Å². The number of benzene rings is 3. The normalized spacial score (nSPS) is 10.7. The number of thiazole rings is 1. The average Bonchev–Trinajstić information content (AvgIpc) is 3.35. The Hall–Kier alpha value is -4.11. The fourth-order valence-corrected chi connectivity index (χ4v) is 4.60. The number of nitrogens with zero attached hydrogens (tertiary/aromatic N) is 3. The maximum atomic E-state index is 12.9. The number of carbonyl (C=O) groups is 2. The van der Waals surface area contributed by atoms with Crippen LogP contribution in [0.2, 0.25) is 0 Å². The van der Waals surface area contributed by atoms with Crippen LogP contribution in [0, 0.1) is 6.92 Å². The zero-order valence-electron chi connectivity index (χ0n) is 21.8. The van der Waals surface area contributed by atoms with Crippen molar-refractivity contribution >= 4 is 38.7 Å². The molecule has 0 bridgehead atoms. The number of ether oxygens (including phenoxy) is 3. The van der Waals surface area contributed by atoms with Gasteiger partial charge in [-0.3, -0.25) is 9.69 Å². The zero-order valence-corrected chi connectivity index (χ0v) is 22.6. The van der Waals surface area contributed by atoms with Crippen LogP contribution in [0.1, 0.15) is 18.1 Å². The van der Waals surface area contributed by atoms with Gasteiger partial charge in [0.15, 0.2) is 5.13 Å². The maximum Gasteiger partial charge on any atom is 0.416 e. The fraction of sp³-hybridized carbons (Fsp3) is 0.276. The third-order valence-electron chi connectivity index (χ3n) is 5.71. The van der Waals surface area contributed by atoms with Gasteiger partial charge >= 0.3 is 12.1 Å². The molecule has 8 nitrogen and oxygen atoms in total. The van der Waals surface area contributed by atoms with Crippen LogP contribution in [0.25, 0.3) is 10.2 Å². The van der Waals surface area contributed by atoms with Crippen molar-refractivity contribution in [1.29, 1.82) is 0 Å². The monoisotopic (exact) mass is 533 g/mol. The van der Waals surface area contributed by atoms with Crippen LogP contribution in [0.3, 0.4) is 0 Å². The molecular weight excluding hydrogens is 502 g/mol. The van der Waals surface area contributed by atoms with E-state index in [-0.39, 0.29) is 19.7 Å². The predicted octanol–water partition coefficient (Wildman–Crippen LogP) is 5.68. The molecule has 0 aliphatic heterocycles. The van der Waals surface area contributed by atoms with Gasteiger partial charge in [-0.15, -0.1) is 0 Å². The second-order valence-electron chi connectivity index (χ2n) is 8.72. The van der Waals surface area contributed by atoms with E-state index in [0.717, 1.165) is 26.5 Å². The molecule has 0 spiro atoms. The van der Waals surface area contributed by atoms with E-state index >= 15 is 0 Å². The Balaban J connectivity index is 1.32. The van der Waals surface area contributed by atoms with Crippen molar-refractivity contribution in [2.75, 3.05) is 38.3 Å². The number of aryl methyl sites for hydroxylation is 1. The van der Waals surface area contributed by atoms with Gasteiger partial charge in [0.2, 0.25) is 0 Å². The van der Waals surface area contributed by atoms with Gasteiger partial charge in [-0.1, -0.05) is 53.3 Å². The Morgan fingerprint density at radius 2 is 1.66 bits per heavy atom. The quantitative estimate of drug-likeness (QED) is 0.229. The van der Waals surface area contributed by atoms with Crippen LogP contribution in [0.4, 0.5) is 9.93 Å². The summed E-state index contributed by atoms with van der Waals surface area (Å²) >= 11 is 1.65. The average molecular weight is 534 g/mol. The van der Waals surface area contributed by atoms with Gasteiger partial charge in [0.05, 0.1) is 23.4 Å². The molecule has 3 aromatic carbocycles. The molecule has 1 aromatic heterocycles. The summed E-state index contributed by atoms with van der Waals surface area (Å²) < 4.78 is 17.6. The van der Waals surface area contributed by atoms with E-state index in [9.17, 15) is 9.59 Å². The number of carbonyl (C=O) groups excluding carboxylic acids is 2. The number of fused-ring (bicyclic) bond motifs is 1. The van der Waals surface area contributed by atoms with Gasteiger partial charge in [-0.25, -0.2) is 9.78 Å². The van der Waals surface area contributed by atoms with Crippen LogP contribution < -0.4 is 14.4 Å². The van der Waals surface area contributed by atoms with E-state index in [1.165, 1.54) is 4.90 Å². The number of rotatable bonds is 11. The highest BCUT2D eigenvalue weighted by molar-refractivity contribution is 7.22. The minimum Gasteiger partial charge on any atom is -0.492 e. The Kier molecular flexibility index (Phi) is 9.16. The molecule has 38 heavy (non-hydrogen) atoms. The summed E-state index contributed by atoms with van der Waals surface area (Å²) in [5.41, 5.74) is 2.88. The lowest BCUT2D eigenvalue weighted by Crippen LogP contribution is -2.38. The van der Waals surface area contributed by atoms with Gasteiger partial charge in [0, 0.05) is 13.6 Å². The number of para-hydroxylation sites is 1. The first kappa shape index (κ1) is 26.9. The molecule has 1 amide bonds. The summed E-state index contributed by atoms with van der Waals surface area (Å²) in [7, 11) is 2.00. The van der Waals surface area contributed by atoms with Crippen LogP contribution >= 0.6 is 11.3 Å². The predicted molar refractivity (Wildman–Crippen MR) is 149 cm³/mol. The number of anilines is 1. The summed E-state index contributed by atoms with van der Waals surface area (Å²) in [6.45, 7) is 5.05. The van der Waals surface area contributed by atoms with Crippen molar-refractivity contribution in [3.05, 3.63) is 83.9 Å². The molecule has 4 rings (SSSR count). The summed E-state index contributed by atoms with van der Waals surface area (Å²) in [4.78, 5) is 33.0. The second-order valence-corrected chi connectivity index (χ2v) is 9.73. The molecule has 0 fully saturated rings. The van der Waals surface area contributed by atoms with Crippen molar-refractivity contribution in [1.82, 2.24) is 9.88 Å². The number of hydrogen-bond donors (Lipinski definition) is 0. The standard InChI is InChI=1S/C29H31N3O5S/c1-4-35-27(33)20-32(29(34)37-24-13-9-21(2)10-14-24)19-22-11-15-23(16-12-22)36-18-17-31(3)28-30-25-7-5-6-8-26(25)38-28/h5-16H,4,17-20H2,1-3H3. The molecule has 4 aromatic rings. The first-order chi connectivity index (χ1) is 18.4. The van der Waals surface area contributed by atoms with E-state index in [1.54, 1.807) is 30.4 Å². The summed E-state index contributed by atoms with van der Waals surface area (Å²) in [6.07, 6.45) is -0.625. The van der Waals surface area contributed by atoms with E-state index < -0.39 is 12.1 Å². The molecule has 0 radical (unpaired) electrons. The molecule has 9 heteroatoms. The first-order valence-electron chi connectivity index (χ1n) is 12.4. The van der Waals surface area contributed by atoms with Gasteiger partial charge in [-0.05, 0) is 55.8 Å². The largest absolute Gasteiger partial charge is 0.492 e. The molecule has 0 N–H and O–H groups in total. The summed E-state index contributed by atoms with van der Waals surface area (Å²) in [6, 6.07) is 22.7. The lowest BCUT2D eigenvalue weighted by Gasteiger charge is -2.21. The number of likely N-dealkylation sites (N-methyl/N-ethyl adjacent to an activating group) is 1.